The molecule has 0 aromatic carbocycles. The number of hydrogen-bond acceptors (Lipinski definition) is 2. The van der Waals surface area contributed by atoms with Gasteiger partial charge in [-0.1, -0.05) is 0 Å². The Morgan fingerprint density at radius 1 is 1.31 bits per heavy atom. The van der Waals surface area contributed by atoms with E-state index in [0.29, 0.717) is 6.17 Å². The average molecular weight is 221 g/mol. The summed E-state index contributed by atoms with van der Waals surface area (Å²) in [6, 6.07) is 0. The summed E-state index contributed by atoms with van der Waals surface area (Å²) in [6.45, 7) is 8.25. The molecule has 1 aromatic heterocycles. The maximum atomic E-state index is 4.16. The largest absolute Gasteiger partial charge is 0.273 e. The van der Waals surface area contributed by atoms with E-state index in [2.05, 4.69) is 42.4 Å². The highest BCUT2D eigenvalue weighted by molar-refractivity contribution is 6.27. The standard InChI is InChI=1S/C6H11N2.C6H10N2/c1-5-4-7-6(2)8(5)3;1-5-4-7-8(3)6(5)2/h4,6H,1-3H3;4H,1-3H3/q+1;. The Bertz CT molecular complexity index is 407. The Kier molecular flexibility index (Phi) is 3.99. The minimum Gasteiger partial charge on any atom is -0.273 e. The molecule has 2 heterocycles. The van der Waals surface area contributed by atoms with Crippen LogP contribution in [-0.4, -0.2) is 39.5 Å². The van der Waals surface area contributed by atoms with Gasteiger partial charge in [-0.15, -0.1) is 0 Å². The molecule has 1 aromatic rings. The summed E-state index contributed by atoms with van der Waals surface area (Å²) in [7, 11) is 4.00. The molecule has 1 aliphatic rings. The van der Waals surface area contributed by atoms with Crippen molar-refractivity contribution in [3.05, 3.63) is 17.5 Å². The molecule has 1 aliphatic heterocycles. The lowest BCUT2D eigenvalue weighted by Gasteiger charge is -1.93. The van der Waals surface area contributed by atoms with Crippen molar-refractivity contribution in [3.63, 3.8) is 0 Å². The molecule has 4 heteroatoms. The van der Waals surface area contributed by atoms with E-state index in [9.17, 15) is 0 Å². The zero-order valence-electron chi connectivity index (χ0n) is 11.0. The van der Waals surface area contributed by atoms with Crippen LogP contribution in [0.2, 0.25) is 0 Å². The molecule has 1 atom stereocenters. The molecular formula is C12H21N4+. The molecule has 4 nitrogen and oxygen atoms in total. The van der Waals surface area contributed by atoms with E-state index in [4.69, 9.17) is 0 Å². The third-order valence-electron chi connectivity index (χ3n) is 3.07. The van der Waals surface area contributed by atoms with Gasteiger partial charge < -0.3 is 0 Å². The van der Waals surface area contributed by atoms with Crippen LogP contribution in [0.25, 0.3) is 0 Å². The minimum absolute atomic E-state index is 0.356. The molecule has 88 valence electrons. The van der Waals surface area contributed by atoms with E-state index < -0.39 is 0 Å². The van der Waals surface area contributed by atoms with E-state index in [1.165, 1.54) is 17.0 Å². The topological polar surface area (TPSA) is 33.2 Å². The predicted octanol–water partition coefficient (Wildman–Crippen LogP) is 1.56. The van der Waals surface area contributed by atoms with Gasteiger partial charge in [-0.2, -0.15) is 5.10 Å². The maximum Gasteiger partial charge on any atom is 0.242 e. The SMILES string of the molecule is CC1=[N+](C)C(C)N=C1.Cc1cnn(C)c1C. The van der Waals surface area contributed by atoms with Crippen LogP contribution in [0.15, 0.2) is 11.2 Å². The van der Waals surface area contributed by atoms with Gasteiger partial charge in [0.15, 0.2) is 5.71 Å². The summed E-state index contributed by atoms with van der Waals surface area (Å²) >= 11 is 0. The van der Waals surface area contributed by atoms with E-state index in [1.807, 2.05) is 31.2 Å². The van der Waals surface area contributed by atoms with Crippen LogP contribution in [0.1, 0.15) is 25.1 Å². The number of rotatable bonds is 0. The van der Waals surface area contributed by atoms with Gasteiger partial charge in [0.25, 0.3) is 0 Å². The lowest BCUT2D eigenvalue weighted by atomic mass is 10.3. The van der Waals surface area contributed by atoms with Gasteiger partial charge in [0.2, 0.25) is 6.17 Å². The lowest BCUT2D eigenvalue weighted by Crippen LogP contribution is -2.16. The zero-order chi connectivity index (χ0) is 12.3. The predicted molar refractivity (Wildman–Crippen MR) is 67.5 cm³/mol. The first-order chi connectivity index (χ1) is 7.43. The monoisotopic (exact) mass is 221 g/mol. The van der Waals surface area contributed by atoms with Crippen molar-refractivity contribution < 1.29 is 4.58 Å². The van der Waals surface area contributed by atoms with E-state index >= 15 is 0 Å². The molecule has 16 heavy (non-hydrogen) atoms. The Labute approximate surface area is 97.3 Å². The van der Waals surface area contributed by atoms with Crippen molar-refractivity contribution in [2.75, 3.05) is 7.05 Å². The molecule has 0 saturated carbocycles. The Hall–Kier alpha value is -1.45. The van der Waals surface area contributed by atoms with Crippen LogP contribution in [0.5, 0.6) is 0 Å². The second kappa shape index (κ2) is 5.05. The van der Waals surface area contributed by atoms with Gasteiger partial charge in [0.1, 0.15) is 7.05 Å². The first-order valence-electron chi connectivity index (χ1n) is 5.48. The number of aryl methyl sites for hydroxylation is 2. The highest BCUT2D eigenvalue weighted by atomic mass is 15.3. The van der Waals surface area contributed by atoms with E-state index in [-0.39, 0.29) is 0 Å². The average Bonchev–Trinajstić information content (AvgIpc) is 2.70. The molecule has 0 saturated heterocycles. The van der Waals surface area contributed by atoms with Crippen molar-refractivity contribution in [2.24, 2.45) is 12.0 Å². The van der Waals surface area contributed by atoms with Crippen LogP contribution in [0.3, 0.4) is 0 Å². The smallest absolute Gasteiger partial charge is 0.242 e. The molecule has 0 fully saturated rings. The Balaban J connectivity index is 0.000000160. The molecule has 2 rings (SSSR count). The summed E-state index contributed by atoms with van der Waals surface area (Å²) in [4.78, 5) is 4.16. The summed E-state index contributed by atoms with van der Waals surface area (Å²) < 4.78 is 4.01. The molecule has 0 radical (unpaired) electrons. The van der Waals surface area contributed by atoms with E-state index in [1.54, 1.807) is 0 Å². The molecule has 0 spiro atoms. The molecule has 0 amide bonds. The van der Waals surface area contributed by atoms with Crippen LogP contribution in [-0.2, 0) is 7.05 Å². The summed E-state index contributed by atoms with van der Waals surface area (Å²) in [5, 5.41) is 4.03. The molecule has 1 unspecified atom stereocenters. The first-order valence-corrected chi connectivity index (χ1v) is 5.48. The summed E-state index contributed by atoms with van der Waals surface area (Å²) in [5.74, 6) is 0. The number of nitrogens with zero attached hydrogens (tertiary/aromatic N) is 4. The maximum absolute atomic E-state index is 4.16. The normalized spacial score (nSPS) is 18.8. The Morgan fingerprint density at radius 2 is 1.94 bits per heavy atom. The molecule has 0 aliphatic carbocycles. The van der Waals surface area contributed by atoms with Crippen molar-refractivity contribution in [1.29, 1.82) is 0 Å². The van der Waals surface area contributed by atoms with Crippen molar-refractivity contribution >= 4 is 11.9 Å². The van der Waals surface area contributed by atoms with E-state index in [0.717, 1.165) is 0 Å². The third kappa shape index (κ3) is 2.78. The van der Waals surface area contributed by atoms with Crippen LogP contribution in [0, 0.1) is 13.8 Å². The fourth-order valence-electron chi connectivity index (χ4n) is 1.31. The quantitative estimate of drug-likeness (QED) is 0.612. The molecule has 0 bridgehead atoms. The third-order valence-corrected chi connectivity index (χ3v) is 3.07. The fraction of sp³-hybridized carbons (Fsp3) is 0.583. The second-order valence-electron chi connectivity index (χ2n) is 4.20. The van der Waals surface area contributed by atoms with Crippen molar-refractivity contribution in [1.82, 2.24) is 9.78 Å². The number of hydrogen-bond donors (Lipinski definition) is 0. The molecule has 0 N–H and O–H groups in total. The van der Waals surface area contributed by atoms with Crippen LogP contribution in [0.4, 0.5) is 0 Å². The van der Waals surface area contributed by atoms with Gasteiger partial charge in [-0.05, 0) is 19.4 Å². The second-order valence-corrected chi connectivity index (χ2v) is 4.20. The summed E-state index contributed by atoms with van der Waals surface area (Å²) in [6.07, 6.45) is 4.13. The van der Waals surface area contributed by atoms with Gasteiger partial charge in [-0.25, -0.2) is 9.57 Å². The van der Waals surface area contributed by atoms with Crippen LogP contribution < -0.4 is 0 Å². The van der Waals surface area contributed by atoms with Gasteiger partial charge >= 0.3 is 0 Å². The highest BCUT2D eigenvalue weighted by Crippen LogP contribution is 2.00. The Morgan fingerprint density at radius 3 is 2.06 bits per heavy atom. The van der Waals surface area contributed by atoms with Gasteiger partial charge in [-0.3, -0.25) is 4.68 Å². The highest BCUT2D eigenvalue weighted by Gasteiger charge is 2.15. The number of aliphatic imine (C=N–C) groups is 1. The number of aromatic nitrogens is 2. The summed E-state index contributed by atoms with van der Waals surface area (Å²) in [5.41, 5.74) is 3.75. The van der Waals surface area contributed by atoms with Crippen molar-refractivity contribution in [2.45, 2.75) is 33.9 Å². The zero-order valence-corrected chi connectivity index (χ0v) is 11.0. The first kappa shape index (κ1) is 12.6. The fourth-order valence-corrected chi connectivity index (χ4v) is 1.31. The molecular weight excluding hydrogens is 200 g/mol. The van der Waals surface area contributed by atoms with Crippen molar-refractivity contribution in [3.8, 4) is 0 Å². The minimum atomic E-state index is 0.356. The van der Waals surface area contributed by atoms with Gasteiger partial charge in [0, 0.05) is 26.6 Å². The van der Waals surface area contributed by atoms with Gasteiger partial charge in [0.05, 0.1) is 12.4 Å². The van der Waals surface area contributed by atoms with Crippen LogP contribution >= 0.6 is 0 Å². The lowest BCUT2D eigenvalue weighted by molar-refractivity contribution is -0.526.